The lowest BCUT2D eigenvalue weighted by Crippen LogP contribution is -2.48. The maximum atomic E-state index is 13.3. The number of imide groups is 1. The summed E-state index contributed by atoms with van der Waals surface area (Å²) in [5, 5.41) is 13.0. The second-order valence-electron chi connectivity index (χ2n) is 9.21. The highest BCUT2D eigenvalue weighted by atomic mass is 35.5. The van der Waals surface area contributed by atoms with Crippen LogP contribution < -0.4 is 15.2 Å². The molecule has 1 atom stereocenters. The number of benzene rings is 2. The van der Waals surface area contributed by atoms with Crippen molar-refractivity contribution in [3.63, 3.8) is 0 Å². The molecular formula is C26H20Cl2F2N3O7-. The summed E-state index contributed by atoms with van der Waals surface area (Å²) in [6, 6.07) is 7.79. The maximum Gasteiger partial charge on any atom is 0.387 e. The Labute approximate surface area is 236 Å². The molecule has 0 aromatic heterocycles. The van der Waals surface area contributed by atoms with Crippen LogP contribution in [0.1, 0.15) is 39.1 Å². The number of carbonyl (C=O) groups excluding carboxylic acids is 3. The molecule has 210 valence electrons. The number of amides is 2. The van der Waals surface area contributed by atoms with Gasteiger partial charge in [-0.1, -0.05) is 29.3 Å². The van der Waals surface area contributed by atoms with Crippen LogP contribution in [0, 0.1) is 11.1 Å². The van der Waals surface area contributed by atoms with Gasteiger partial charge in [-0.15, -0.1) is 0 Å². The summed E-state index contributed by atoms with van der Waals surface area (Å²) in [6.45, 7) is -3.85. The molecule has 1 saturated carbocycles. The summed E-state index contributed by atoms with van der Waals surface area (Å²) in [5.74, 6) is -3.02. The van der Waals surface area contributed by atoms with E-state index in [1.165, 1.54) is 30.3 Å². The van der Waals surface area contributed by atoms with Crippen LogP contribution in [-0.2, 0) is 15.3 Å². The van der Waals surface area contributed by atoms with Crippen molar-refractivity contribution in [1.29, 1.82) is 0 Å². The minimum absolute atomic E-state index is 0.00958. The number of nitrogen functional groups attached to an aromatic ring is 1. The smallest absolute Gasteiger partial charge is 0.387 e. The van der Waals surface area contributed by atoms with Crippen molar-refractivity contribution in [2.24, 2.45) is 5.92 Å². The van der Waals surface area contributed by atoms with Crippen molar-refractivity contribution in [1.82, 2.24) is 9.96 Å². The van der Waals surface area contributed by atoms with Gasteiger partial charge in [0.25, 0.3) is 11.8 Å². The van der Waals surface area contributed by atoms with E-state index in [4.69, 9.17) is 38.4 Å². The van der Waals surface area contributed by atoms with E-state index in [9.17, 15) is 28.4 Å². The molecule has 5 rings (SSSR count). The predicted molar refractivity (Wildman–Crippen MR) is 138 cm³/mol. The number of rotatable bonds is 9. The second-order valence-corrected chi connectivity index (χ2v) is 10.1. The van der Waals surface area contributed by atoms with Gasteiger partial charge < -0.3 is 30.2 Å². The molecular weight excluding hydrogens is 575 g/mol. The fraction of sp³-hybridized carbons (Fsp3) is 0.269. The van der Waals surface area contributed by atoms with E-state index in [1.54, 1.807) is 0 Å². The van der Waals surface area contributed by atoms with Crippen LogP contribution in [0.5, 0.6) is 11.5 Å². The van der Waals surface area contributed by atoms with E-state index < -0.39 is 36.7 Å². The third-order valence-electron chi connectivity index (χ3n) is 6.44. The van der Waals surface area contributed by atoms with Crippen LogP contribution in [0.25, 0.3) is 0 Å². The SMILES string of the molecule is Nc1cccc2c1C(=O)N(CC(=O)OC1(c3ccc(OC(F)F)c(OCC4CC4)c3)C(Cl)=CC(Cl)=CN1[O-])C2=O. The van der Waals surface area contributed by atoms with E-state index in [0.717, 1.165) is 31.2 Å². The number of ether oxygens (including phenoxy) is 3. The molecule has 0 saturated heterocycles. The number of fused-ring (bicyclic) bond motifs is 1. The van der Waals surface area contributed by atoms with E-state index in [-0.39, 0.29) is 61.5 Å². The lowest BCUT2D eigenvalue weighted by Gasteiger charge is -2.48. The van der Waals surface area contributed by atoms with Gasteiger partial charge in [-0.3, -0.25) is 19.3 Å². The largest absolute Gasteiger partial charge is 0.755 e. The fourth-order valence-corrected chi connectivity index (χ4v) is 4.93. The number of carbonyl (C=O) groups is 3. The quantitative estimate of drug-likeness (QED) is 0.249. The average Bonchev–Trinajstić information content (AvgIpc) is 3.68. The van der Waals surface area contributed by atoms with Gasteiger partial charge in [0.1, 0.15) is 6.54 Å². The summed E-state index contributed by atoms with van der Waals surface area (Å²) >= 11 is 12.4. The number of allylic oxidation sites excluding steroid dienone is 2. The zero-order valence-corrected chi connectivity index (χ0v) is 22.0. The zero-order chi connectivity index (χ0) is 28.8. The maximum absolute atomic E-state index is 13.3. The Hall–Kier alpha value is -3.87. The minimum atomic E-state index is -3.16. The third-order valence-corrected chi connectivity index (χ3v) is 7.01. The first-order valence-electron chi connectivity index (χ1n) is 11.9. The summed E-state index contributed by atoms with van der Waals surface area (Å²) < 4.78 is 41.9. The van der Waals surface area contributed by atoms with E-state index in [2.05, 4.69) is 4.74 Å². The number of halogens is 4. The Balaban J connectivity index is 1.48. The predicted octanol–water partition coefficient (Wildman–Crippen LogP) is 4.67. The Bertz CT molecular complexity index is 1460. The van der Waals surface area contributed by atoms with Crippen LogP contribution in [-0.4, -0.2) is 47.5 Å². The van der Waals surface area contributed by atoms with Gasteiger partial charge >= 0.3 is 12.6 Å². The summed E-state index contributed by atoms with van der Waals surface area (Å²) in [5.41, 5.74) is 3.34. The lowest BCUT2D eigenvalue weighted by atomic mass is 9.98. The molecule has 14 heteroatoms. The van der Waals surface area contributed by atoms with Crippen LogP contribution in [0.4, 0.5) is 14.5 Å². The Morgan fingerprint density at radius 1 is 1.15 bits per heavy atom. The molecule has 40 heavy (non-hydrogen) atoms. The highest BCUT2D eigenvalue weighted by Gasteiger charge is 2.46. The molecule has 2 aliphatic heterocycles. The number of esters is 1. The van der Waals surface area contributed by atoms with Crippen molar-refractivity contribution in [2.75, 3.05) is 18.9 Å². The fourth-order valence-electron chi connectivity index (χ4n) is 4.33. The van der Waals surface area contributed by atoms with E-state index in [0.29, 0.717) is 4.90 Å². The molecule has 2 aromatic rings. The van der Waals surface area contributed by atoms with Crippen molar-refractivity contribution >= 4 is 46.7 Å². The molecule has 2 heterocycles. The first-order chi connectivity index (χ1) is 19.0. The van der Waals surface area contributed by atoms with Gasteiger partial charge in [0.05, 0.1) is 27.8 Å². The van der Waals surface area contributed by atoms with E-state index in [1.807, 2.05) is 0 Å². The molecule has 0 bridgehead atoms. The third kappa shape index (κ3) is 5.05. The van der Waals surface area contributed by atoms with Gasteiger partial charge in [0.15, 0.2) is 11.5 Å². The topological polar surface area (TPSA) is 134 Å². The molecule has 0 spiro atoms. The molecule has 2 N–H and O–H groups in total. The molecule has 1 unspecified atom stereocenters. The number of hydroxylamine groups is 2. The zero-order valence-electron chi connectivity index (χ0n) is 20.4. The van der Waals surface area contributed by atoms with Gasteiger partial charge in [-0.25, -0.2) is 0 Å². The Kier molecular flexibility index (Phi) is 7.34. The van der Waals surface area contributed by atoms with Crippen LogP contribution in [0.2, 0.25) is 0 Å². The Morgan fingerprint density at radius 2 is 1.90 bits per heavy atom. The summed E-state index contributed by atoms with van der Waals surface area (Å²) in [6.07, 6.45) is 3.85. The molecule has 1 aliphatic carbocycles. The Morgan fingerprint density at radius 3 is 2.55 bits per heavy atom. The van der Waals surface area contributed by atoms with Crippen molar-refractivity contribution in [3.05, 3.63) is 80.6 Å². The van der Waals surface area contributed by atoms with Gasteiger partial charge in [-0.2, -0.15) is 8.78 Å². The first-order valence-corrected chi connectivity index (χ1v) is 12.7. The number of nitrogens with two attached hydrogens (primary N) is 1. The first kappa shape index (κ1) is 27.7. The van der Waals surface area contributed by atoms with Crippen molar-refractivity contribution < 1.29 is 37.4 Å². The molecule has 3 aliphatic rings. The van der Waals surface area contributed by atoms with Crippen LogP contribution in [0.15, 0.2) is 58.7 Å². The second kappa shape index (κ2) is 10.6. The molecule has 2 amide bonds. The standard InChI is InChI=1S/C26H20Cl2F2N3O7/c27-15-9-20(28)26(33(37)10-15,14-6-7-18(39-25(29)30)19(8-14)38-12-13-4-5-13)40-21(34)11-32-23(35)16-2-1-3-17(31)22(16)24(32)36/h1-3,6-10,13,25H,4-5,11-12,31H2/q-1. The number of hydrogen-bond acceptors (Lipinski definition) is 9. The lowest BCUT2D eigenvalue weighted by molar-refractivity contribution is -0.169. The van der Waals surface area contributed by atoms with Crippen LogP contribution >= 0.6 is 23.2 Å². The number of nitrogens with zero attached hydrogens (tertiary/aromatic N) is 2. The number of hydrogen-bond donors (Lipinski definition) is 1. The van der Waals surface area contributed by atoms with Crippen molar-refractivity contribution in [3.8, 4) is 11.5 Å². The molecule has 0 radical (unpaired) electrons. The number of alkyl halides is 2. The van der Waals surface area contributed by atoms with Gasteiger partial charge in [0.2, 0.25) is 5.72 Å². The number of anilines is 1. The average molecular weight is 595 g/mol. The monoisotopic (exact) mass is 594 g/mol. The van der Waals surface area contributed by atoms with E-state index >= 15 is 0 Å². The van der Waals surface area contributed by atoms with Crippen molar-refractivity contribution in [2.45, 2.75) is 25.2 Å². The highest BCUT2D eigenvalue weighted by Crippen LogP contribution is 2.46. The normalized spacial score (nSPS) is 20.4. The highest BCUT2D eigenvalue weighted by molar-refractivity contribution is 6.35. The van der Waals surface area contributed by atoms with Crippen LogP contribution in [0.3, 0.4) is 0 Å². The summed E-state index contributed by atoms with van der Waals surface area (Å²) in [4.78, 5) is 39.5. The van der Waals surface area contributed by atoms with Gasteiger partial charge in [0, 0.05) is 17.5 Å². The molecule has 2 aromatic carbocycles. The molecule has 1 fully saturated rings. The minimum Gasteiger partial charge on any atom is -0.755 e. The molecule has 10 nitrogen and oxygen atoms in total. The summed E-state index contributed by atoms with van der Waals surface area (Å²) in [7, 11) is 0. The van der Waals surface area contributed by atoms with Gasteiger partial charge in [-0.05, 0) is 55.2 Å².